The number of rotatable bonds is 2. The highest BCUT2D eigenvalue weighted by atomic mass is 16.1. The summed E-state index contributed by atoms with van der Waals surface area (Å²) in [5, 5.41) is 0.866. The molecule has 5 nitrogen and oxygen atoms in total. The summed E-state index contributed by atoms with van der Waals surface area (Å²) in [4.78, 5) is 20.7. The van der Waals surface area contributed by atoms with Crippen LogP contribution >= 0.6 is 0 Å². The summed E-state index contributed by atoms with van der Waals surface area (Å²) in [5.41, 5.74) is 7.67. The van der Waals surface area contributed by atoms with Gasteiger partial charge in [0.05, 0.1) is 5.69 Å². The zero-order valence-electron chi connectivity index (χ0n) is 11.1. The van der Waals surface area contributed by atoms with Gasteiger partial charge in [-0.25, -0.2) is 4.98 Å². The third kappa shape index (κ3) is 1.87. The third-order valence-electron chi connectivity index (χ3n) is 2.95. The van der Waals surface area contributed by atoms with E-state index in [1.54, 1.807) is 11.8 Å². The van der Waals surface area contributed by atoms with Crippen molar-refractivity contribution < 1.29 is 0 Å². The molecule has 0 aliphatic rings. The van der Waals surface area contributed by atoms with Crippen LogP contribution in [-0.2, 0) is 0 Å². The molecule has 2 rings (SSSR count). The van der Waals surface area contributed by atoms with Crippen molar-refractivity contribution in [2.24, 2.45) is 0 Å². The SMILES string of the molecule is C[B]c1cc2c(C)nc(N)nc2n(C(C)C)c1=O. The molecule has 0 amide bonds. The minimum absolute atomic E-state index is 0.0219. The fourth-order valence-corrected chi connectivity index (χ4v) is 2.08. The van der Waals surface area contributed by atoms with Crippen molar-refractivity contribution in [2.75, 3.05) is 5.73 Å². The van der Waals surface area contributed by atoms with E-state index in [9.17, 15) is 4.79 Å². The van der Waals surface area contributed by atoms with E-state index < -0.39 is 0 Å². The van der Waals surface area contributed by atoms with Crippen molar-refractivity contribution in [3.63, 3.8) is 0 Å². The van der Waals surface area contributed by atoms with Gasteiger partial charge in [0.25, 0.3) is 0 Å². The summed E-state index contributed by atoms with van der Waals surface area (Å²) < 4.78 is 1.66. The molecule has 0 bridgehead atoms. The van der Waals surface area contributed by atoms with E-state index in [0.29, 0.717) is 11.1 Å². The molecule has 0 aliphatic heterocycles. The van der Waals surface area contributed by atoms with E-state index in [2.05, 4.69) is 9.97 Å². The van der Waals surface area contributed by atoms with E-state index in [0.717, 1.165) is 11.1 Å². The standard InChI is InChI=1S/C12H16BN4O/c1-6(2)17-10-8(5-9(13-4)11(17)18)7(3)15-12(14)16-10/h5-6H,1-4H3,(H2,14,15,16). The van der Waals surface area contributed by atoms with E-state index in [1.807, 2.05) is 33.7 Å². The number of nitrogens with two attached hydrogens (primary N) is 1. The smallest absolute Gasteiger partial charge is 0.246 e. The first-order valence-corrected chi connectivity index (χ1v) is 5.94. The molecule has 1 radical (unpaired) electrons. The van der Waals surface area contributed by atoms with Crippen LogP contribution in [0.4, 0.5) is 5.95 Å². The maximum absolute atomic E-state index is 12.3. The molecular weight excluding hydrogens is 227 g/mol. The molecule has 0 unspecified atom stereocenters. The molecule has 18 heavy (non-hydrogen) atoms. The van der Waals surface area contributed by atoms with Crippen molar-refractivity contribution >= 4 is 29.7 Å². The van der Waals surface area contributed by atoms with Crippen LogP contribution in [0, 0.1) is 6.92 Å². The average molecular weight is 243 g/mol. The van der Waals surface area contributed by atoms with Crippen LogP contribution < -0.4 is 16.8 Å². The van der Waals surface area contributed by atoms with Gasteiger partial charge in [0.2, 0.25) is 11.5 Å². The predicted octanol–water partition coefficient (Wildman–Crippen LogP) is 0.641. The van der Waals surface area contributed by atoms with Crippen LogP contribution in [0.5, 0.6) is 0 Å². The lowest BCUT2D eigenvalue weighted by atomic mass is 9.73. The lowest BCUT2D eigenvalue weighted by Gasteiger charge is -2.15. The number of pyridine rings is 1. The molecule has 0 aromatic carbocycles. The zero-order chi connectivity index (χ0) is 13.4. The highest BCUT2D eigenvalue weighted by Crippen LogP contribution is 2.16. The molecule has 2 heterocycles. The van der Waals surface area contributed by atoms with Crippen molar-refractivity contribution in [1.29, 1.82) is 0 Å². The first kappa shape index (κ1) is 12.6. The second kappa shape index (κ2) is 4.44. The van der Waals surface area contributed by atoms with E-state index in [1.165, 1.54) is 0 Å². The van der Waals surface area contributed by atoms with Crippen LogP contribution in [-0.4, -0.2) is 21.8 Å². The third-order valence-corrected chi connectivity index (χ3v) is 2.95. The van der Waals surface area contributed by atoms with Crippen molar-refractivity contribution in [2.45, 2.75) is 33.6 Å². The van der Waals surface area contributed by atoms with Crippen molar-refractivity contribution in [3.05, 3.63) is 22.1 Å². The number of aryl methyl sites for hydroxylation is 1. The Balaban J connectivity index is 3.00. The van der Waals surface area contributed by atoms with E-state index in [-0.39, 0.29) is 17.5 Å². The molecule has 0 aliphatic carbocycles. The number of fused-ring (bicyclic) bond motifs is 1. The molecule has 6 heteroatoms. The minimum atomic E-state index is -0.0440. The van der Waals surface area contributed by atoms with E-state index in [4.69, 9.17) is 5.73 Å². The van der Waals surface area contributed by atoms with Crippen LogP contribution in [0.3, 0.4) is 0 Å². The number of anilines is 1. The predicted molar refractivity (Wildman–Crippen MR) is 74.6 cm³/mol. The van der Waals surface area contributed by atoms with E-state index >= 15 is 0 Å². The van der Waals surface area contributed by atoms with Crippen LogP contribution in [0.25, 0.3) is 11.0 Å². The topological polar surface area (TPSA) is 73.8 Å². The Morgan fingerprint density at radius 2 is 2.06 bits per heavy atom. The molecule has 2 aromatic heterocycles. The number of hydrogen-bond donors (Lipinski definition) is 1. The minimum Gasteiger partial charge on any atom is -0.368 e. The second-order valence-corrected chi connectivity index (χ2v) is 4.56. The number of nitrogen functional groups attached to an aromatic ring is 1. The lowest BCUT2D eigenvalue weighted by Crippen LogP contribution is -2.38. The van der Waals surface area contributed by atoms with Gasteiger partial charge in [-0.05, 0) is 26.2 Å². The van der Waals surface area contributed by atoms with Gasteiger partial charge in [-0.3, -0.25) is 9.36 Å². The van der Waals surface area contributed by atoms with Gasteiger partial charge < -0.3 is 5.73 Å². The largest absolute Gasteiger partial charge is 0.368 e. The Morgan fingerprint density at radius 1 is 1.39 bits per heavy atom. The summed E-state index contributed by atoms with van der Waals surface area (Å²) >= 11 is 0. The molecule has 93 valence electrons. The van der Waals surface area contributed by atoms with Crippen LogP contribution in [0.1, 0.15) is 25.6 Å². The second-order valence-electron chi connectivity index (χ2n) is 4.56. The Morgan fingerprint density at radius 3 is 2.61 bits per heavy atom. The Hall–Kier alpha value is -1.85. The van der Waals surface area contributed by atoms with Gasteiger partial charge in [0.1, 0.15) is 5.65 Å². The number of nitrogens with zero attached hydrogens (tertiary/aromatic N) is 3. The molecule has 0 saturated heterocycles. The van der Waals surface area contributed by atoms with Gasteiger partial charge >= 0.3 is 0 Å². The maximum Gasteiger partial charge on any atom is 0.246 e. The highest BCUT2D eigenvalue weighted by Gasteiger charge is 2.14. The molecule has 0 atom stereocenters. The number of aromatic nitrogens is 3. The molecule has 2 N–H and O–H groups in total. The molecule has 0 fully saturated rings. The summed E-state index contributed by atoms with van der Waals surface area (Å²) in [6.07, 6.45) is 0. The van der Waals surface area contributed by atoms with Gasteiger partial charge in [0, 0.05) is 11.4 Å². The first-order chi connectivity index (χ1) is 8.45. The monoisotopic (exact) mass is 243 g/mol. The van der Waals surface area contributed by atoms with Gasteiger partial charge in [-0.2, -0.15) is 4.98 Å². The summed E-state index contributed by atoms with van der Waals surface area (Å²) in [5.74, 6) is 0.196. The number of hydrogen-bond acceptors (Lipinski definition) is 4. The van der Waals surface area contributed by atoms with Crippen LogP contribution in [0.15, 0.2) is 10.9 Å². The fourth-order valence-electron chi connectivity index (χ4n) is 2.08. The maximum atomic E-state index is 12.3. The van der Waals surface area contributed by atoms with Crippen molar-refractivity contribution in [1.82, 2.24) is 14.5 Å². The van der Waals surface area contributed by atoms with Gasteiger partial charge in [-0.15, -0.1) is 0 Å². The first-order valence-electron chi connectivity index (χ1n) is 5.94. The lowest BCUT2D eigenvalue weighted by molar-refractivity contribution is 0.597. The summed E-state index contributed by atoms with van der Waals surface area (Å²) in [6, 6.07) is 1.85. The molecular formula is C12H16BN4O. The van der Waals surface area contributed by atoms with Crippen molar-refractivity contribution in [3.8, 4) is 0 Å². The summed E-state index contributed by atoms with van der Waals surface area (Å²) in [7, 11) is 1.80. The normalized spacial score (nSPS) is 11.2. The van der Waals surface area contributed by atoms with Gasteiger partial charge in [-0.1, -0.05) is 12.9 Å². The average Bonchev–Trinajstić information content (AvgIpc) is 2.27. The summed E-state index contributed by atoms with van der Waals surface area (Å²) in [6.45, 7) is 7.62. The highest BCUT2D eigenvalue weighted by molar-refractivity contribution is 6.52. The van der Waals surface area contributed by atoms with Crippen LogP contribution in [0.2, 0.25) is 6.82 Å². The molecule has 0 spiro atoms. The Labute approximate surface area is 106 Å². The zero-order valence-corrected chi connectivity index (χ0v) is 11.1. The Bertz CT molecular complexity index is 663. The quantitative estimate of drug-likeness (QED) is 0.785. The van der Waals surface area contributed by atoms with Gasteiger partial charge in [0.15, 0.2) is 7.28 Å². The fraction of sp³-hybridized carbons (Fsp3) is 0.417. The molecule has 2 aromatic rings. The Kier molecular flexibility index (Phi) is 3.11. The molecule has 0 saturated carbocycles.